The Bertz CT molecular complexity index is 1560. The van der Waals surface area contributed by atoms with Crippen molar-refractivity contribution in [3.8, 4) is 5.75 Å². The molecule has 2 aromatic rings. The number of morpholine rings is 1. The van der Waals surface area contributed by atoms with Gasteiger partial charge in [-0.1, -0.05) is 42.5 Å². The van der Waals surface area contributed by atoms with Gasteiger partial charge in [0, 0.05) is 45.0 Å². The molecule has 4 aliphatic rings. The fourth-order valence-corrected chi connectivity index (χ4v) is 8.77. The third-order valence-corrected chi connectivity index (χ3v) is 11.1. The summed E-state index contributed by atoms with van der Waals surface area (Å²) in [4.78, 5) is 52.2. The molecule has 3 amide bonds. The van der Waals surface area contributed by atoms with Gasteiger partial charge < -0.3 is 34.0 Å². The number of rotatable bonds is 16. The van der Waals surface area contributed by atoms with Crippen molar-refractivity contribution in [2.75, 3.05) is 70.6 Å². The average molecular weight is 701 g/mol. The molecule has 0 aromatic heterocycles. The molecule has 1 N–H and O–H groups in total. The maximum atomic E-state index is 15.1. The van der Waals surface area contributed by atoms with Crippen molar-refractivity contribution in [2.45, 2.75) is 56.4 Å². The molecule has 1 spiro atoms. The Labute approximate surface area is 301 Å². The van der Waals surface area contributed by atoms with Crippen LogP contribution in [0, 0.1) is 11.8 Å². The van der Waals surface area contributed by atoms with Crippen LogP contribution >= 0.6 is 0 Å². The van der Waals surface area contributed by atoms with Crippen molar-refractivity contribution in [3.05, 3.63) is 85.5 Å². The molecule has 0 aliphatic carbocycles. The third kappa shape index (κ3) is 6.96. The van der Waals surface area contributed by atoms with E-state index in [0.29, 0.717) is 63.6 Å². The zero-order valence-corrected chi connectivity index (χ0v) is 30.0. The maximum absolute atomic E-state index is 15.1. The Hall–Kier alpha value is -4.03. The van der Waals surface area contributed by atoms with Crippen molar-refractivity contribution in [1.29, 1.82) is 0 Å². The smallest absolute Gasteiger partial charge is 0.248 e. The lowest BCUT2D eigenvalue weighted by molar-refractivity contribution is -0.154. The molecule has 2 aromatic carbocycles. The molecule has 4 aliphatic heterocycles. The molecule has 6 atom stereocenters. The highest BCUT2D eigenvalue weighted by molar-refractivity contribution is 6.03. The number of hydrogen-bond donors (Lipinski definition) is 1. The summed E-state index contributed by atoms with van der Waals surface area (Å²) in [6, 6.07) is 15.2. The standard InChI is InChI=1S/C40H52N4O7/c1-5-19-42(22-21-41-23-25-49-26-24-41)38(48)35-40-18-17-39(4,51-40)33(36(46)43(20-6-2)30-13-15-32(16-14-30)50-7-3)34(40)37(47)44(35)31(28-45)27-29-11-9-8-10-12-29/h5-6,8-16,31,33-35,45H,1-2,7,17-28H2,3-4H3/t31-,33-,34+,35?,39+,40?/m1/s1. The summed E-state index contributed by atoms with van der Waals surface area (Å²) in [6.07, 6.45) is 4.66. The Morgan fingerprint density at radius 3 is 2.39 bits per heavy atom. The van der Waals surface area contributed by atoms with Crippen LogP contribution < -0.4 is 9.64 Å². The van der Waals surface area contributed by atoms with Crippen LogP contribution in [-0.2, 0) is 30.3 Å². The molecule has 4 heterocycles. The van der Waals surface area contributed by atoms with Crippen molar-refractivity contribution < 1.29 is 33.7 Å². The zero-order chi connectivity index (χ0) is 36.2. The molecule has 2 unspecified atom stereocenters. The lowest BCUT2D eigenvalue weighted by Crippen LogP contribution is -2.60. The van der Waals surface area contributed by atoms with Gasteiger partial charge in [-0.05, 0) is 62.9 Å². The second-order valence-corrected chi connectivity index (χ2v) is 14.2. The number of carbonyl (C=O) groups excluding carboxylic acids is 3. The Balaban J connectivity index is 1.39. The van der Waals surface area contributed by atoms with E-state index < -0.39 is 35.1 Å². The van der Waals surface area contributed by atoms with E-state index in [4.69, 9.17) is 14.2 Å². The van der Waals surface area contributed by atoms with Crippen LogP contribution in [0.5, 0.6) is 5.75 Å². The number of carbonyl (C=O) groups is 3. The minimum absolute atomic E-state index is 0.224. The molecule has 0 radical (unpaired) electrons. The molecule has 2 bridgehead atoms. The highest BCUT2D eigenvalue weighted by Gasteiger charge is 2.79. The third-order valence-electron chi connectivity index (χ3n) is 11.1. The highest BCUT2D eigenvalue weighted by Crippen LogP contribution is 2.64. The largest absolute Gasteiger partial charge is 0.494 e. The zero-order valence-electron chi connectivity index (χ0n) is 30.0. The van der Waals surface area contributed by atoms with Crippen LogP contribution in [0.3, 0.4) is 0 Å². The van der Waals surface area contributed by atoms with Crippen LogP contribution in [0.4, 0.5) is 5.69 Å². The monoisotopic (exact) mass is 700 g/mol. The van der Waals surface area contributed by atoms with Crippen LogP contribution in [0.1, 0.15) is 32.3 Å². The van der Waals surface area contributed by atoms with Gasteiger partial charge >= 0.3 is 0 Å². The van der Waals surface area contributed by atoms with Gasteiger partial charge in [0.25, 0.3) is 0 Å². The number of nitrogens with zero attached hydrogens (tertiary/aromatic N) is 4. The second-order valence-electron chi connectivity index (χ2n) is 14.2. The molecular weight excluding hydrogens is 648 g/mol. The van der Waals surface area contributed by atoms with Crippen LogP contribution in [0.2, 0.25) is 0 Å². The van der Waals surface area contributed by atoms with Gasteiger partial charge in [-0.25, -0.2) is 0 Å². The topological polar surface area (TPSA) is 112 Å². The van der Waals surface area contributed by atoms with E-state index >= 15 is 9.59 Å². The first-order valence-electron chi connectivity index (χ1n) is 18.2. The van der Waals surface area contributed by atoms with E-state index in [1.165, 1.54) is 0 Å². The summed E-state index contributed by atoms with van der Waals surface area (Å²) < 4.78 is 18.1. The minimum Gasteiger partial charge on any atom is -0.494 e. The summed E-state index contributed by atoms with van der Waals surface area (Å²) in [5.41, 5.74) is -0.642. The predicted octanol–water partition coefficient (Wildman–Crippen LogP) is 3.32. The number of amides is 3. The Morgan fingerprint density at radius 1 is 1.04 bits per heavy atom. The van der Waals surface area contributed by atoms with Crippen molar-refractivity contribution in [1.82, 2.24) is 14.7 Å². The van der Waals surface area contributed by atoms with E-state index in [1.54, 1.807) is 26.9 Å². The van der Waals surface area contributed by atoms with E-state index in [9.17, 15) is 9.90 Å². The fraction of sp³-hybridized carbons (Fsp3) is 0.525. The molecule has 6 rings (SSSR count). The Kier molecular flexibility index (Phi) is 11.3. The van der Waals surface area contributed by atoms with Gasteiger partial charge in [-0.3, -0.25) is 19.3 Å². The van der Waals surface area contributed by atoms with Gasteiger partial charge in [0.2, 0.25) is 17.7 Å². The molecule has 274 valence electrons. The molecule has 4 fully saturated rings. The first-order chi connectivity index (χ1) is 24.7. The summed E-state index contributed by atoms with van der Waals surface area (Å²) in [5.74, 6) is -1.92. The number of fused-ring (bicyclic) bond motifs is 1. The van der Waals surface area contributed by atoms with E-state index in [1.807, 2.05) is 68.4 Å². The molecule has 51 heavy (non-hydrogen) atoms. The number of likely N-dealkylation sites (tertiary alicyclic amines) is 1. The summed E-state index contributed by atoms with van der Waals surface area (Å²) >= 11 is 0. The summed E-state index contributed by atoms with van der Waals surface area (Å²) in [5, 5.41) is 10.9. The fourth-order valence-electron chi connectivity index (χ4n) is 8.77. The molecular formula is C40H52N4O7. The van der Waals surface area contributed by atoms with Crippen LogP contribution in [0.25, 0.3) is 0 Å². The van der Waals surface area contributed by atoms with Gasteiger partial charge in [-0.2, -0.15) is 0 Å². The number of aliphatic hydroxyl groups excluding tert-OH is 1. The molecule has 11 nitrogen and oxygen atoms in total. The summed E-state index contributed by atoms with van der Waals surface area (Å²) in [6.45, 7) is 16.3. The normalized spacial score (nSPS) is 27.5. The molecule has 0 saturated carbocycles. The maximum Gasteiger partial charge on any atom is 0.248 e. The number of anilines is 1. The Morgan fingerprint density at radius 2 is 1.75 bits per heavy atom. The van der Waals surface area contributed by atoms with Gasteiger partial charge in [0.15, 0.2) is 0 Å². The first kappa shape index (κ1) is 36.8. The average Bonchev–Trinajstić information content (AvgIpc) is 3.72. The van der Waals surface area contributed by atoms with E-state index in [0.717, 1.165) is 18.7 Å². The van der Waals surface area contributed by atoms with E-state index in [-0.39, 0.29) is 37.4 Å². The van der Waals surface area contributed by atoms with Crippen molar-refractivity contribution in [3.63, 3.8) is 0 Å². The summed E-state index contributed by atoms with van der Waals surface area (Å²) in [7, 11) is 0. The lowest BCUT2D eigenvalue weighted by Gasteiger charge is -2.40. The number of hydrogen-bond acceptors (Lipinski definition) is 8. The predicted molar refractivity (Wildman–Crippen MR) is 194 cm³/mol. The number of aliphatic hydroxyl groups is 1. The SMILES string of the molecule is C=CCN(CCN1CCOCC1)C(=O)C1N([C@@H](CO)Cc2ccccc2)C(=O)[C@@H]2[C@H](C(=O)N(CC=C)c3ccc(OCC)cc3)[C@]3(C)CCC12O3. The quantitative estimate of drug-likeness (QED) is 0.266. The van der Waals surface area contributed by atoms with Gasteiger partial charge in [0.05, 0.1) is 49.9 Å². The van der Waals surface area contributed by atoms with Gasteiger partial charge in [0.1, 0.15) is 17.4 Å². The lowest BCUT2D eigenvalue weighted by atomic mass is 9.66. The van der Waals surface area contributed by atoms with Crippen molar-refractivity contribution in [2.24, 2.45) is 11.8 Å². The first-order valence-corrected chi connectivity index (χ1v) is 18.2. The minimum atomic E-state index is -1.25. The second kappa shape index (κ2) is 15.7. The van der Waals surface area contributed by atoms with Crippen LogP contribution in [-0.4, -0.2) is 127 Å². The number of benzene rings is 2. The van der Waals surface area contributed by atoms with Crippen molar-refractivity contribution >= 4 is 23.4 Å². The molecule has 11 heteroatoms. The highest BCUT2D eigenvalue weighted by atomic mass is 16.5. The molecule has 4 saturated heterocycles. The van der Waals surface area contributed by atoms with E-state index in [2.05, 4.69) is 18.1 Å². The van der Waals surface area contributed by atoms with Gasteiger partial charge in [-0.15, -0.1) is 13.2 Å². The number of ether oxygens (including phenoxy) is 3. The van der Waals surface area contributed by atoms with Crippen LogP contribution in [0.15, 0.2) is 79.9 Å².